The normalized spacial score (nSPS) is 10.7. The number of allylic oxidation sites excluding steroid dienone is 1. The zero-order valence-corrected chi connectivity index (χ0v) is 14.2. The first-order valence-electron chi connectivity index (χ1n) is 8.13. The second kappa shape index (κ2) is 8.00. The van der Waals surface area contributed by atoms with Gasteiger partial charge in [-0.2, -0.15) is 0 Å². The van der Waals surface area contributed by atoms with Gasteiger partial charge in [0, 0.05) is 0 Å². The fraction of sp³-hybridized carbons (Fsp3) is 0.286. The van der Waals surface area contributed by atoms with Gasteiger partial charge in [-0.25, -0.2) is 8.78 Å². The standard InChI is InChI=1S/C21H22F2O/c1-4-5-6-7-8-16-12-19(22)10-14(2)20(16)17-9-15(3)21(23)18(11-17)13-24/h4,9-13H,1,5-8H2,2-3H3. The first-order valence-corrected chi connectivity index (χ1v) is 8.13. The molecule has 0 unspecified atom stereocenters. The molecule has 0 saturated carbocycles. The van der Waals surface area contributed by atoms with Crippen molar-refractivity contribution in [3.8, 4) is 11.1 Å². The first kappa shape index (κ1) is 18.1. The van der Waals surface area contributed by atoms with Crippen molar-refractivity contribution >= 4 is 6.29 Å². The van der Waals surface area contributed by atoms with Gasteiger partial charge in [0.1, 0.15) is 11.6 Å². The van der Waals surface area contributed by atoms with Crippen LogP contribution >= 0.6 is 0 Å². The number of unbranched alkanes of at least 4 members (excludes halogenated alkanes) is 2. The van der Waals surface area contributed by atoms with Gasteiger partial charge in [0.2, 0.25) is 0 Å². The van der Waals surface area contributed by atoms with Crippen LogP contribution in [-0.2, 0) is 6.42 Å². The van der Waals surface area contributed by atoms with Gasteiger partial charge in [0.15, 0.2) is 6.29 Å². The number of halogens is 2. The van der Waals surface area contributed by atoms with Crippen molar-refractivity contribution in [2.75, 3.05) is 0 Å². The summed E-state index contributed by atoms with van der Waals surface area (Å²) in [5.74, 6) is -0.773. The van der Waals surface area contributed by atoms with Crippen molar-refractivity contribution in [3.05, 3.63) is 70.8 Å². The first-order chi connectivity index (χ1) is 11.5. The van der Waals surface area contributed by atoms with E-state index < -0.39 is 5.82 Å². The van der Waals surface area contributed by atoms with Crippen molar-refractivity contribution in [1.82, 2.24) is 0 Å². The quantitative estimate of drug-likeness (QED) is 0.348. The number of rotatable bonds is 7. The molecular formula is C21H22F2O. The zero-order valence-electron chi connectivity index (χ0n) is 14.2. The third-order valence-corrected chi connectivity index (χ3v) is 4.18. The highest BCUT2D eigenvalue weighted by atomic mass is 19.1. The van der Waals surface area contributed by atoms with Gasteiger partial charge in [0.05, 0.1) is 5.56 Å². The molecule has 0 N–H and O–H groups in total. The van der Waals surface area contributed by atoms with Crippen LogP contribution in [0.5, 0.6) is 0 Å². The fourth-order valence-corrected chi connectivity index (χ4v) is 3.05. The predicted octanol–water partition coefficient (Wildman–Crippen LogP) is 5.96. The van der Waals surface area contributed by atoms with Gasteiger partial charge in [-0.3, -0.25) is 4.79 Å². The smallest absolute Gasteiger partial charge is 0.153 e. The van der Waals surface area contributed by atoms with Gasteiger partial charge in [0.25, 0.3) is 0 Å². The Morgan fingerprint density at radius 3 is 2.46 bits per heavy atom. The number of hydrogen-bond donors (Lipinski definition) is 0. The highest BCUT2D eigenvalue weighted by Crippen LogP contribution is 2.32. The van der Waals surface area contributed by atoms with Crippen LogP contribution < -0.4 is 0 Å². The van der Waals surface area contributed by atoms with Crippen LogP contribution in [-0.4, -0.2) is 6.29 Å². The largest absolute Gasteiger partial charge is 0.298 e. The summed E-state index contributed by atoms with van der Waals surface area (Å²) in [6, 6.07) is 6.27. The summed E-state index contributed by atoms with van der Waals surface area (Å²) in [6.07, 6.45) is 5.96. The van der Waals surface area contributed by atoms with Crippen LogP contribution in [0.1, 0.15) is 46.3 Å². The monoisotopic (exact) mass is 328 g/mol. The minimum absolute atomic E-state index is 0.0336. The van der Waals surface area contributed by atoms with E-state index in [0.717, 1.165) is 47.9 Å². The van der Waals surface area contributed by atoms with E-state index in [-0.39, 0.29) is 11.4 Å². The molecule has 0 fully saturated rings. The van der Waals surface area contributed by atoms with Gasteiger partial charge in [-0.15, -0.1) is 6.58 Å². The van der Waals surface area contributed by atoms with E-state index in [1.54, 1.807) is 19.1 Å². The molecule has 0 heterocycles. The summed E-state index contributed by atoms with van der Waals surface area (Å²) in [5, 5.41) is 0. The molecule has 0 amide bonds. The van der Waals surface area contributed by atoms with Crippen molar-refractivity contribution in [2.24, 2.45) is 0 Å². The molecule has 0 bridgehead atoms. The molecule has 2 aromatic rings. The highest BCUT2D eigenvalue weighted by Gasteiger charge is 2.14. The minimum atomic E-state index is -0.499. The number of hydrogen-bond acceptors (Lipinski definition) is 1. The Balaban J connectivity index is 2.50. The van der Waals surface area contributed by atoms with Crippen LogP contribution in [0.2, 0.25) is 0 Å². The van der Waals surface area contributed by atoms with E-state index in [4.69, 9.17) is 0 Å². The van der Waals surface area contributed by atoms with Crippen LogP contribution in [0.3, 0.4) is 0 Å². The van der Waals surface area contributed by atoms with Crippen LogP contribution in [0.25, 0.3) is 11.1 Å². The van der Waals surface area contributed by atoms with E-state index in [0.29, 0.717) is 11.8 Å². The molecule has 0 aliphatic carbocycles. The Labute approximate surface area is 142 Å². The van der Waals surface area contributed by atoms with Crippen molar-refractivity contribution in [2.45, 2.75) is 39.5 Å². The fourth-order valence-electron chi connectivity index (χ4n) is 3.05. The summed E-state index contributed by atoms with van der Waals surface area (Å²) in [5.41, 5.74) is 3.77. The lowest BCUT2D eigenvalue weighted by atomic mass is 9.90. The van der Waals surface area contributed by atoms with E-state index in [1.807, 2.05) is 13.0 Å². The molecule has 0 aliphatic heterocycles. The molecule has 0 saturated heterocycles. The Kier molecular flexibility index (Phi) is 6.02. The van der Waals surface area contributed by atoms with E-state index in [9.17, 15) is 13.6 Å². The lowest BCUT2D eigenvalue weighted by Crippen LogP contribution is -1.99. The molecule has 0 radical (unpaired) electrons. The lowest BCUT2D eigenvalue weighted by Gasteiger charge is -2.15. The molecule has 0 atom stereocenters. The molecule has 126 valence electrons. The Hall–Kier alpha value is -2.29. The van der Waals surface area contributed by atoms with Crippen molar-refractivity contribution in [3.63, 3.8) is 0 Å². The maximum absolute atomic E-state index is 13.9. The number of benzene rings is 2. The second-order valence-electron chi connectivity index (χ2n) is 6.11. The number of carbonyl (C=O) groups is 1. The third-order valence-electron chi connectivity index (χ3n) is 4.18. The molecule has 2 rings (SSSR count). The Morgan fingerprint density at radius 1 is 1.04 bits per heavy atom. The average Bonchev–Trinajstić information content (AvgIpc) is 2.53. The van der Waals surface area contributed by atoms with Crippen LogP contribution in [0, 0.1) is 25.5 Å². The summed E-state index contributed by atoms with van der Waals surface area (Å²) < 4.78 is 27.8. The molecule has 3 heteroatoms. The molecular weight excluding hydrogens is 306 g/mol. The van der Waals surface area contributed by atoms with Crippen LogP contribution in [0.15, 0.2) is 36.9 Å². The molecule has 0 aliphatic rings. The summed E-state index contributed by atoms with van der Waals surface area (Å²) in [6.45, 7) is 7.18. The maximum atomic E-state index is 13.9. The summed E-state index contributed by atoms with van der Waals surface area (Å²) >= 11 is 0. The van der Waals surface area contributed by atoms with Crippen molar-refractivity contribution in [1.29, 1.82) is 0 Å². The van der Waals surface area contributed by atoms with E-state index in [2.05, 4.69) is 6.58 Å². The lowest BCUT2D eigenvalue weighted by molar-refractivity contribution is 0.111. The Bertz CT molecular complexity index is 763. The van der Waals surface area contributed by atoms with Gasteiger partial charge < -0.3 is 0 Å². The number of carbonyl (C=O) groups excluding carboxylic acids is 1. The zero-order chi connectivity index (χ0) is 17.7. The average molecular weight is 328 g/mol. The third kappa shape index (κ3) is 3.97. The Morgan fingerprint density at radius 2 is 1.79 bits per heavy atom. The maximum Gasteiger partial charge on any atom is 0.153 e. The number of aldehydes is 1. The SMILES string of the molecule is C=CCCCCc1cc(F)cc(C)c1-c1cc(C)c(F)c(C=O)c1. The van der Waals surface area contributed by atoms with Gasteiger partial charge in [-0.05, 0) is 91.6 Å². The summed E-state index contributed by atoms with van der Waals surface area (Å²) in [4.78, 5) is 11.1. The molecule has 24 heavy (non-hydrogen) atoms. The molecule has 2 aromatic carbocycles. The minimum Gasteiger partial charge on any atom is -0.298 e. The van der Waals surface area contributed by atoms with Crippen LogP contribution in [0.4, 0.5) is 8.78 Å². The molecule has 0 spiro atoms. The topological polar surface area (TPSA) is 17.1 Å². The summed E-state index contributed by atoms with van der Waals surface area (Å²) in [7, 11) is 0. The highest BCUT2D eigenvalue weighted by molar-refractivity contribution is 5.81. The van der Waals surface area contributed by atoms with Gasteiger partial charge >= 0.3 is 0 Å². The number of aryl methyl sites for hydroxylation is 3. The van der Waals surface area contributed by atoms with E-state index in [1.165, 1.54) is 12.1 Å². The predicted molar refractivity (Wildman–Crippen MR) is 94.4 cm³/mol. The molecule has 0 aromatic heterocycles. The molecule has 1 nitrogen and oxygen atoms in total. The second-order valence-corrected chi connectivity index (χ2v) is 6.11. The van der Waals surface area contributed by atoms with Crippen molar-refractivity contribution < 1.29 is 13.6 Å². The van der Waals surface area contributed by atoms with Gasteiger partial charge in [-0.1, -0.05) is 6.08 Å². The van der Waals surface area contributed by atoms with E-state index >= 15 is 0 Å².